The van der Waals surface area contributed by atoms with Gasteiger partial charge in [-0.1, -0.05) is 19.0 Å². The number of carbonyl (C=O) groups is 1. The van der Waals surface area contributed by atoms with Crippen molar-refractivity contribution < 1.29 is 14.1 Å². The van der Waals surface area contributed by atoms with Gasteiger partial charge in [-0.25, -0.2) is 4.79 Å². The monoisotopic (exact) mass is 524 g/mol. The third-order valence-electron chi connectivity index (χ3n) is 4.37. The van der Waals surface area contributed by atoms with Crippen LogP contribution in [0.3, 0.4) is 0 Å². The highest BCUT2D eigenvalue weighted by molar-refractivity contribution is 14.0. The Morgan fingerprint density at radius 2 is 1.86 bits per heavy atom. The largest absolute Gasteiger partial charge is 0.444 e. The van der Waals surface area contributed by atoms with Crippen LogP contribution in [0.1, 0.15) is 65.6 Å². The lowest BCUT2D eigenvalue weighted by Gasteiger charge is -2.34. The standard InChI is InChI=1S/C19H36N6O3.HI/c1-8-19(9-2,24-17(26)27-18(4,5)6)13-22-16(20-7)21-12-10-11-15-23-14(3)25-28-15;/h8-13H2,1-7H3,(H,24,26)(H2,20,21,22);1H. The van der Waals surface area contributed by atoms with Crippen LogP contribution in [0.15, 0.2) is 9.52 Å². The summed E-state index contributed by atoms with van der Waals surface area (Å²) in [5.41, 5.74) is -0.944. The predicted octanol–water partition coefficient (Wildman–Crippen LogP) is 3.18. The molecule has 29 heavy (non-hydrogen) atoms. The molecule has 168 valence electrons. The van der Waals surface area contributed by atoms with Crippen LogP contribution in [0, 0.1) is 6.92 Å². The molecule has 0 aliphatic rings. The molecule has 0 unspecified atom stereocenters. The number of alkyl carbamates (subject to hydrolysis) is 1. The maximum atomic E-state index is 12.2. The van der Waals surface area contributed by atoms with E-state index in [1.54, 1.807) is 14.0 Å². The van der Waals surface area contributed by atoms with Crippen molar-refractivity contribution in [3.05, 3.63) is 11.7 Å². The second kappa shape index (κ2) is 12.9. The fourth-order valence-corrected chi connectivity index (χ4v) is 2.60. The highest BCUT2D eigenvalue weighted by atomic mass is 127. The fourth-order valence-electron chi connectivity index (χ4n) is 2.60. The topological polar surface area (TPSA) is 114 Å². The quantitative estimate of drug-likeness (QED) is 0.197. The molecule has 0 atom stereocenters. The van der Waals surface area contributed by atoms with Crippen molar-refractivity contribution in [2.45, 2.75) is 78.4 Å². The molecule has 1 amide bonds. The molecular weight excluding hydrogens is 487 g/mol. The van der Waals surface area contributed by atoms with Crippen LogP contribution in [0.2, 0.25) is 0 Å². The summed E-state index contributed by atoms with van der Waals surface area (Å²) in [7, 11) is 1.72. The molecule has 1 heterocycles. The summed E-state index contributed by atoms with van der Waals surface area (Å²) in [5.74, 6) is 1.96. The third-order valence-corrected chi connectivity index (χ3v) is 4.37. The average Bonchev–Trinajstić information content (AvgIpc) is 3.03. The molecule has 0 aliphatic carbocycles. The van der Waals surface area contributed by atoms with Gasteiger partial charge in [0.1, 0.15) is 5.60 Å². The average molecular weight is 524 g/mol. The number of aliphatic imine (C=N–C) groups is 1. The molecule has 9 nitrogen and oxygen atoms in total. The van der Waals surface area contributed by atoms with E-state index in [-0.39, 0.29) is 24.0 Å². The molecule has 10 heteroatoms. The third kappa shape index (κ3) is 10.7. The van der Waals surface area contributed by atoms with Crippen LogP contribution in [0.4, 0.5) is 4.79 Å². The molecule has 3 N–H and O–H groups in total. The van der Waals surface area contributed by atoms with Crippen LogP contribution in [0.5, 0.6) is 0 Å². The molecule has 0 aliphatic heterocycles. The molecule has 0 aromatic carbocycles. The first-order chi connectivity index (χ1) is 13.1. The zero-order chi connectivity index (χ0) is 21.2. The van der Waals surface area contributed by atoms with Crippen LogP contribution in [-0.4, -0.2) is 53.5 Å². The molecule has 1 rings (SSSR count). The van der Waals surface area contributed by atoms with Crippen molar-refractivity contribution in [1.29, 1.82) is 0 Å². The van der Waals surface area contributed by atoms with Gasteiger partial charge in [0.2, 0.25) is 5.89 Å². The van der Waals surface area contributed by atoms with Crippen LogP contribution < -0.4 is 16.0 Å². The maximum absolute atomic E-state index is 12.2. The van der Waals surface area contributed by atoms with Crippen molar-refractivity contribution in [3.8, 4) is 0 Å². The highest BCUT2D eigenvalue weighted by Crippen LogP contribution is 2.16. The second-order valence-electron chi connectivity index (χ2n) is 7.81. The van der Waals surface area contributed by atoms with Gasteiger partial charge in [0.05, 0.1) is 5.54 Å². The number of amides is 1. The summed E-state index contributed by atoms with van der Waals surface area (Å²) in [4.78, 5) is 20.7. The summed E-state index contributed by atoms with van der Waals surface area (Å²) in [5, 5.41) is 13.4. The molecule has 0 radical (unpaired) electrons. The van der Waals surface area contributed by atoms with Gasteiger partial charge in [-0.2, -0.15) is 4.98 Å². The number of halogens is 1. The Bertz CT molecular complexity index is 638. The first-order valence-corrected chi connectivity index (χ1v) is 9.88. The fraction of sp³-hybridized carbons (Fsp3) is 0.789. The lowest BCUT2D eigenvalue weighted by molar-refractivity contribution is 0.0448. The van der Waals surface area contributed by atoms with Gasteiger partial charge in [0.15, 0.2) is 11.8 Å². The zero-order valence-electron chi connectivity index (χ0n) is 18.7. The zero-order valence-corrected chi connectivity index (χ0v) is 21.0. The number of hydrogen-bond donors (Lipinski definition) is 3. The van der Waals surface area contributed by atoms with Crippen molar-refractivity contribution in [2.75, 3.05) is 20.1 Å². The van der Waals surface area contributed by atoms with Gasteiger partial charge < -0.3 is 25.2 Å². The Balaban J connectivity index is 0.00000784. The molecule has 0 spiro atoms. The minimum atomic E-state index is -0.529. The summed E-state index contributed by atoms with van der Waals surface area (Å²) in [6.07, 6.45) is 2.67. The van der Waals surface area contributed by atoms with E-state index in [1.807, 2.05) is 34.6 Å². The van der Waals surface area contributed by atoms with E-state index < -0.39 is 17.2 Å². The van der Waals surface area contributed by atoms with Crippen LogP contribution >= 0.6 is 24.0 Å². The molecule has 0 saturated carbocycles. The number of hydrogen-bond acceptors (Lipinski definition) is 6. The van der Waals surface area contributed by atoms with E-state index in [2.05, 4.69) is 31.1 Å². The number of ether oxygens (including phenoxy) is 1. The smallest absolute Gasteiger partial charge is 0.408 e. The number of aryl methyl sites for hydroxylation is 2. The van der Waals surface area contributed by atoms with Crippen molar-refractivity contribution in [1.82, 2.24) is 26.1 Å². The molecular formula is C19H37IN6O3. The Morgan fingerprint density at radius 1 is 1.21 bits per heavy atom. The predicted molar refractivity (Wildman–Crippen MR) is 125 cm³/mol. The van der Waals surface area contributed by atoms with Crippen molar-refractivity contribution in [3.63, 3.8) is 0 Å². The highest BCUT2D eigenvalue weighted by Gasteiger charge is 2.30. The number of carbonyl (C=O) groups excluding carboxylic acids is 1. The van der Waals surface area contributed by atoms with Gasteiger partial charge in [-0.05, 0) is 47.0 Å². The van der Waals surface area contributed by atoms with E-state index in [1.165, 1.54) is 0 Å². The summed E-state index contributed by atoms with van der Waals surface area (Å²) in [6, 6.07) is 0. The van der Waals surface area contributed by atoms with E-state index in [0.717, 1.165) is 19.3 Å². The van der Waals surface area contributed by atoms with Gasteiger partial charge in [-0.15, -0.1) is 24.0 Å². The summed E-state index contributed by atoms with van der Waals surface area (Å²) < 4.78 is 10.5. The number of nitrogens with zero attached hydrogens (tertiary/aromatic N) is 3. The number of aromatic nitrogens is 2. The second-order valence-corrected chi connectivity index (χ2v) is 7.81. The van der Waals surface area contributed by atoms with E-state index in [0.29, 0.717) is 37.2 Å². The summed E-state index contributed by atoms with van der Waals surface area (Å²) >= 11 is 0. The normalized spacial score (nSPS) is 12.2. The molecule has 0 bridgehead atoms. The van der Waals surface area contributed by atoms with E-state index in [4.69, 9.17) is 9.26 Å². The summed E-state index contributed by atoms with van der Waals surface area (Å²) in [6.45, 7) is 12.7. The first-order valence-electron chi connectivity index (χ1n) is 9.88. The Kier molecular flexibility index (Phi) is 12.2. The van der Waals surface area contributed by atoms with Gasteiger partial charge in [0, 0.05) is 26.6 Å². The molecule has 0 saturated heterocycles. The first kappa shape index (κ1) is 27.4. The lowest BCUT2D eigenvalue weighted by Crippen LogP contribution is -2.57. The Labute approximate surface area is 191 Å². The maximum Gasteiger partial charge on any atom is 0.408 e. The molecule has 1 aromatic rings. The van der Waals surface area contributed by atoms with Gasteiger partial charge in [-0.3, -0.25) is 4.99 Å². The van der Waals surface area contributed by atoms with Crippen LogP contribution in [0.25, 0.3) is 0 Å². The Hall–Kier alpha value is -1.59. The van der Waals surface area contributed by atoms with Crippen LogP contribution in [-0.2, 0) is 11.2 Å². The van der Waals surface area contributed by atoms with Crippen molar-refractivity contribution in [2.24, 2.45) is 4.99 Å². The number of nitrogens with one attached hydrogen (secondary N) is 3. The van der Waals surface area contributed by atoms with E-state index in [9.17, 15) is 4.79 Å². The van der Waals surface area contributed by atoms with Gasteiger partial charge >= 0.3 is 6.09 Å². The van der Waals surface area contributed by atoms with Crippen molar-refractivity contribution >= 4 is 36.0 Å². The SMILES string of the molecule is CCC(CC)(CNC(=NC)NCCCc1nc(C)no1)NC(=O)OC(C)(C)C.I. The molecule has 1 aromatic heterocycles. The number of rotatable bonds is 9. The minimum Gasteiger partial charge on any atom is -0.444 e. The minimum absolute atomic E-state index is 0. The van der Waals surface area contributed by atoms with E-state index >= 15 is 0 Å². The number of guanidine groups is 1. The Morgan fingerprint density at radius 3 is 2.34 bits per heavy atom. The lowest BCUT2D eigenvalue weighted by atomic mass is 9.93. The van der Waals surface area contributed by atoms with Gasteiger partial charge in [0.25, 0.3) is 0 Å². The molecule has 0 fully saturated rings.